The Kier molecular flexibility index (Phi) is 5.53. The predicted molar refractivity (Wildman–Crippen MR) is 69.5 cm³/mol. The van der Waals surface area contributed by atoms with Gasteiger partial charge >= 0.3 is 5.97 Å². The summed E-state index contributed by atoms with van der Waals surface area (Å²) in [5.41, 5.74) is 0.335. The highest BCUT2D eigenvalue weighted by Crippen LogP contribution is 2.14. The first-order valence-electron chi connectivity index (χ1n) is 5.83. The number of pyridine rings is 1. The summed E-state index contributed by atoms with van der Waals surface area (Å²) in [6.45, 7) is 3.79. The molecule has 1 rings (SSSR count). The lowest BCUT2D eigenvalue weighted by Crippen LogP contribution is -2.24. The van der Waals surface area contributed by atoms with Gasteiger partial charge in [-0.05, 0) is 24.1 Å². The molecule has 6 heteroatoms. The van der Waals surface area contributed by atoms with Crippen molar-refractivity contribution >= 4 is 18.0 Å². The molecule has 1 heterocycles. The second kappa shape index (κ2) is 7.15. The molecule has 1 amide bonds. The van der Waals surface area contributed by atoms with E-state index in [4.69, 9.17) is 9.84 Å². The van der Waals surface area contributed by atoms with Crippen LogP contribution in [-0.4, -0.2) is 28.6 Å². The second-order valence-corrected chi connectivity index (χ2v) is 3.85. The summed E-state index contributed by atoms with van der Waals surface area (Å²) in [7, 11) is 0. The first-order chi connectivity index (χ1) is 9.02. The Labute approximate surface area is 111 Å². The number of hydrogen-bond acceptors (Lipinski definition) is 4. The first kappa shape index (κ1) is 14.7. The molecule has 0 bridgehead atoms. The van der Waals surface area contributed by atoms with E-state index in [1.54, 1.807) is 12.3 Å². The molecule has 0 atom stereocenters. The number of ether oxygens (including phenoxy) is 1. The highest BCUT2D eigenvalue weighted by atomic mass is 16.5. The van der Waals surface area contributed by atoms with Gasteiger partial charge in [0.15, 0.2) is 0 Å². The van der Waals surface area contributed by atoms with Crippen molar-refractivity contribution in [1.29, 1.82) is 0 Å². The molecule has 6 nitrogen and oxygen atoms in total. The molecule has 0 aliphatic heterocycles. The summed E-state index contributed by atoms with van der Waals surface area (Å²) in [6, 6.07) is 1.66. The van der Waals surface area contributed by atoms with Gasteiger partial charge in [-0.25, -0.2) is 4.79 Å². The van der Waals surface area contributed by atoms with E-state index >= 15 is 0 Å². The van der Waals surface area contributed by atoms with Crippen molar-refractivity contribution < 1.29 is 19.4 Å². The highest BCUT2D eigenvalue weighted by Gasteiger charge is 2.09. The summed E-state index contributed by atoms with van der Waals surface area (Å²) >= 11 is 0. The normalized spacial score (nSPS) is 10.9. The van der Waals surface area contributed by atoms with E-state index in [0.29, 0.717) is 17.9 Å². The minimum absolute atomic E-state index is 0.207. The molecule has 1 aromatic rings. The van der Waals surface area contributed by atoms with Gasteiger partial charge in [0, 0.05) is 13.1 Å². The topological polar surface area (TPSA) is 88.5 Å². The molecule has 0 fully saturated rings. The van der Waals surface area contributed by atoms with Crippen molar-refractivity contribution in [3.8, 4) is 5.75 Å². The molecular formula is C13H16N2O4. The number of carboxylic acids is 1. The van der Waals surface area contributed by atoms with Crippen LogP contribution in [-0.2, 0) is 9.59 Å². The van der Waals surface area contributed by atoms with Crippen molar-refractivity contribution in [2.24, 2.45) is 0 Å². The van der Waals surface area contributed by atoms with E-state index in [9.17, 15) is 9.59 Å². The summed E-state index contributed by atoms with van der Waals surface area (Å²) < 4.78 is 5.39. The Balaban J connectivity index is 2.93. The van der Waals surface area contributed by atoms with E-state index < -0.39 is 11.9 Å². The van der Waals surface area contributed by atoms with Crippen LogP contribution >= 0.6 is 0 Å². The highest BCUT2D eigenvalue weighted by molar-refractivity contribution is 5.96. The number of nitrogens with zero attached hydrogens (tertiary/aromatic N) is 1. The average molecular weight is 264 g/mol. The Bertz CT molecular complexity index is 497. The van der Waals surface area contributed by atoms with Gasteiger partial charge < -0.3 is 15.2 Å². The van der Waals surface area contributed by atoms with Crippen LogP contribution in [0.4, 0.5) is 0 Å². The molecule has 0 saturated carbocycles. The molecule has 0 aliphatic rings. The molecule has 102 valence electrons. The van der Waals surface area contributed by atoms with E-state index in [1.165, 1.54) is 19.2 Å². The summed E-state index contributed by atoms with van der Waals surface area (Å²) in [5, 5.41) is 11.2. The SMILES string of the molecule is CCCOc1cncc(/C=C(/NC(C)=O)C(=O)O)c1. The van der Waals surface area contributed by atoms with E-state index in [1.807, 2.05) is 6.92 Å². The van der Waals surface area contributed by atoms with Crippen LogP contribution in [0.5, 0.6) is 5.75 Å². The number of aliphatic carboxylic acids is 1. The maximum Gasteiger partial charge on any atom is 0.352 e. The Hall–Kier alpha value is -2.37. The fourth-order valence-electron chi connectivity index (χ4n) is 1.32. The van der Waals surface area contributed by atoms with Gasteiger partial charge in [-0.15, -0.1) is 0 Å². The van der Waals surface area contributed by atoms with Crippen LogP contribution in [0.15, 0.2) is 24.2 Å². The summed E-state index contributed by atoms with van der Waals surface area (Å²) in [6.07, 6.45) is 5.23. The molecule has 0 aliphatic carbocycles. The molecule has 1 aromatic heterocycles. The monoisotopic (exact) mass is 264 g/mol. The van der Waals surface area contributed by atoms with Gasteiger partial charge in [-0.3, -0.25) is 9.78 Å². The third-order valence-corrected chi connectivity index (χ3v) is 2.06. The Morgan fingerprint density at radius 1 is 1.47 bits per heavy atom. The lowest BCUT2D eigenvalue weighted by atomic mass is 10.2. The molecule has 19 heavy (non-hydrogen) atoms. The average Bonchev–Trinajstić information content (AvgIpc) is 2.35. The number of hydrogen-bond donors (Lipinski definition) is 2. The van der Waals surface area contributed by atoms with Gasteiger partial charge in [0.05, 0.1) is 12.8 Å². The third kappa shape index (κ3) is 5.20. The number of carbonyl (C=O) groups is 2. The molecule has 0 unspecified atom stereocenters. The Morgan fingerprint density at radius 2 is 2.21 bits per heavy atom. The predicted octanol–water partition coefficient (Wildman–Crippen LogP) is 1.43. The fourth-order valence-corrected chi connectivity index (χ4v) is 1.32. The van der Waals surface area contributed by atoms with E-state index in [2.05, 4.69) is 10.3 Å². The van der Waals surface area contributed by atoms with E-state index in [-0.39, 0.29) is 5.70 Å². The van der Waals surface area contributed by atoms with Crippen LogP contribution in [0.25, 0.3) is 6.08 Å². The van der Waals surface area contributed by atoms with Crippen molar-refractivity contribution in [3.63, 3.8) is 0 Å². The standard InChI is InChI=1S/C13H16N2O4/c1-3-4-19-11-5-10(7-14-8-11)6-12(13(17)18)15-9(2)16/h5-8H,3-4H2,1-2H3,(H,15,16)(H,17,18)/b12-6+. The minimum atomic E-state index is -1.21. The molecule has 0 radical (unpaired) electrons. The summed E-state index contributed by atoms with van der Waals surface area (Å²) in [5.74, 6) is -1.10. The minimum Gasteiger partial charge on any atom is -0.492 e. The van der Waals surface area contributed by atoms with Gasteiger partial charge in [-0.1, -0.05) is 6.92 Å². The zero-order chi connectivity index (χ0) is 14.3. The fraction of sp³-hybridized carbons (Fsp3) is 0.308. The van der Waals surface area contributed by atoms with Crippen LogP contribution in [0.3, 0.4) is 0 Å². The number of carbonyl (C=O) groups excluding carboxylic acids is 1. The zero-order valence-electron chi connectivity index (χ0n) is 10.8. The summed E-state index contributed by atoms with van der Waals surface area (Å²) in [4.78, 5) is 25.8. The molecule has 2 N–H and O–H groups in total. The smallest absolute Gasteiger partial charge is 0.352 e. The maximum absolute atomic E-state index is 11.0. The van der Waals surface area contributed by atoms with Crippen molar-refractivity contribution in [1.82, 2.24) is 10.3 Å². The lowest BCUT2D eigenvalue weighted by molar-refractivity contribution is -0.134. The van der Waals surface area contributed by atoms with Gasteiger partial charge in [0.2, 0.25) is 5.91 Å². The second-order valence-electron chi connectivity index (χ2n) is 3.85. The van der Waals surface area contributed by atoms with Gasteiger partial charge in [0.1, 0.15) is 11.4 Å². The van der Waals surface area contributed by atoms with Gasteiger partial charge in [-0.2, -0.15) is 0 Å². The molecule has 0 aromatic carbocycles. The van der Waals surface area contributed by atoms with Gasteiger partial charge in [0.25, 0.3) is 0 Å². The molecule has 0 spiro atoms. The van der Waals surface area contributed by atoms with Crippen molar-refractivity contribution in [3.05, 3.63) is 29.7 Å². The number of nitrogens with one attached hydrogen (secondary N) is 1. The van der Waals surface area contributed by atoms with E-state index in [0.717, 1.165) is 6.42 Å². The third-order valence-electron chi connectivity index (χ3n) is 2.06. The number of amides is 1. The lowest BCUT2D eigenvalue weighted by Gasteiger charge is -2.06. The number of rotatable bonds is 6. The molecule has 0 saturated heterocycles. The maximum atomic E-state index is 11.0. The van der Waals surface area contributed by atoms with Crippen molar-refractivity contribution in [2.75, 3.05) is 6.61 Å². The number of carboxylic acid groups (broad SMARTS) is 1. The quantitative estimate of drug-likeness (QED) is 0.759. The van der Waals surface area contributed by atoms with Crippen LogP contribution in [0, 0.1) is 0 Å². The largest absolute Gasteiger partial charge is 0.492 e. The van der Waals surface area contributed by atoms with Crippen LogP contribution in [0.2, 0.25) is 0 Å². The first-order valence-corrected chi connectivity index (χ1v) is 5.83. The zero-order valence-corrected chi connectivity index (χ0v) is 10.8. The Morgan fingerprint density at radius 3 is 2.79 bits per heavy atom. The van der Waals surface area contributed by atoms with Crippen molar-refractivity contribution in [2.45, 2.75) is 20.3 Å². The number of aromatic nitrogens is 1. The van der Waals surface area contributed by atoms with Crippen LogP contribution in [0.1, 0.15) is 25.8 Å². The molecular weight excluding hydrogens is 248 g/mol. The van der Waals surface area contributed by atoms with Crippen LogP contribution < -0.4 is 10.1 Å².